The first-order valence-electron chi connectivity index (χ1n) is 4.27. The molecule has 0 spiro atoms. The topological polar surface area (TPSA) is 58.9 Å². The maximum Gasteiger partial charge on any atom is 0.203 e. The van der Waals surface area contributed by atoms with Gasteiger partial charge in [-0.05, 0) is 24.1 Å². The number of phenolic OH excluding ortho intramolecular Hbond substituents is 1. The van der Waals surface area contributed by atoms with Crippen molar-refractivity contribution >= 4 is 0 Å². The highest BCUT2D eigenvalue weighted by Crippen LogP contribution is 2.37. The van der Waals surface area contributed by atoms with Crippen LogP contribution in [-0.2, 0) is 6.42 Å². The molecule has 0 saturated heterocycles. The lowest BCUT2D eigenvalue weighted by Crippen LogP contribution is -1.95. The minimum Gasteiger partial charge on any atom is -0.504 e. The number of ether oxygens (including phenoxy) is 2. The van der Waals surface area contributed by atoms with Crippen LogP contribution in [0.5, 0.6) is 17.2 Å². The minimum atomic E-state index is 0.0234. The summed E-state index contributed by atoms with van der Waals surface area (Å²) in [5, 5.41) is 18.3. The fourth-order valence-electron chi connectivity index (χ4n) is 1.27. The molecule has 4 heteroatoms. The molecule has 2 N–H and O–H groups in total. The van der Waals surface area contributed by atoms with E-state index < -0.39 is 0 Å². The summed E-state index contributed by atoms with van der Waals surface area (Å²) in [6, 6.07) is 3.28. The zero-order chi connectivity index (χ0) is 10.6. The third-order valence-electron chi connectivity index (χ3n) is 1.92. The van der Waals surface area contributed by atoms with Crippen molar-refractivity contribution in [2.24, 2.45) is 0 Å². The summed E-state index contributed by atoms with van der Waals surface area (Å²) in [4.78, 5) is 0. The maximum absolute atomic E-state index is 9.54. The Morgan fingerprint density at radius 1 is 1.21 bits per heavy atom. The molecular weight excluding hydrogens is 184 g/mol. The largest absolute Gasteiger partial charge is 0.504 e. The van der Waals surface area contributed by atoms with Gasteiger partial charge in [0.25, 0.3) is 0 Å². The van der Waals surface area contributed by atoms with Crippen molar-refractivity contribution in [1.29, 1.82) is 0 Å². The lowest BCUT2D eigenvalue weighted by Gasteiger charge is -2.10. The summed E-state index contributed by atoms with van der Waals surface area (Å²) in [5.74, 6) is 0.806. The van der Waals surface area contributed by atoms with Crippen LogP contribution in [0, 0.1) is 0 Å². The van der Waals surface area contributed by atoms with Gasteiger partial charge in [0.15, 0.2) is 11.5 Å². The highest BCUT2D eigenvalue weighted by Gasteiger charge is 2.10. The molecular formula is C10H14O4. The van der Waals surface area contributed by atoms with Crippen LogP contribution in [0.15, 0.2) is 12.1 Å². The van der Waals surface area contributed by atoms with Crippen LogP contribution in [0.4, 0.5) is 0 Å². The molecule has 0 aliphatic carbocycles. The third kappa shape index (κ3) is 2.09. The molecule has 0 aromatic heterocycles. The standard InChI is InChI=1S/C10H14O4/c1-13-9-6-7(3-4-11)5-8(12)10(9)14-2/h5-6,11-12H,3-4H2,1-2H3. The number of aromatic hydroxyl groups is 1. The van der Waals surface area contributed by atoms with Crippen molar-refractivity contribution in [2.45, 2.75) is 6.42 Å². The van der Waals surface area contributed by atoms with Gasteiger partial charge in [-0.1, -0.05) is 0 Å². The number of phenols is 1. The molecule has 0 amide bonds. The van der Waals surface area contributed by atoms with Crippen molar-refractivity contribution in [3.8, 4) is 17.2 Å². The van der Waals surface area contributed by atoms with Crippen LogP contribution in [0.25, 0.3) is 0 Å². The van der Waals surface area contributed by atoms with Crippen LogP contribution in [0.1, 0.15) is 5.56 Å². The van der Waals surface area contributed by atoms with Crippen molar-refractivity contribution in [3.63, 3.8) is 0 Å². The van der Waals surface area contributed by atoms with Gasteiger partial charge < -0.3 is 19.7 Å². The monoisotopic (exact) mass is 198 g/mol. The molecule has 0 saturated carbocycles. The van der Waals surface area contributed by atoms with Gasteiger partial charge in [0.05, 0.1) is 14.2 Å². The molecule has 78 valence electrons. The van der Waals surface area contributed by atoms with E-state index in [2.05, 4.69) is 0 Å². The van der Waals surface area contributed by atoms with Crippen LogP contribution in [0.2, 0.25) is 0 Å². The average molecular weight is 198 g/mol. The summed E-state index contributed by atoms with van der Waals surface area (Å²) in [6.45, 7) is 0.0366. The van der Waals surface area contributed by atoms with E-state index in [9.17, 15) is 5.11 Å². The van der Waals surface area contributed by atoms with Gasteiger partial charge >= 0.3 is 0 Å². The van der Waals surface area contributed by atoms with Crippen molar-refractivity contribution in [3.05, 3.63) is 17.7 Å². The van der Waals surface area contributed by atoms with Crippen LogP contribution in [-0.4, -0.2) is 31.0 Å². The van der Waals surface area contributed by atoms with Gasteiger partial charge in [0, 0.05) is 6.61 Å². The molecule has 14 heavy (non-hydrogen) atoms. The van der Waals surface area contributed by atoms with E-state index in [0.29, 0.717) is 17.9 Å². The van der Waals surface area contributed by atoms with E-state index >= 15 is 0 Å². The molecule has 1 aromatic rings. The van der Waals surface area contributed by atoms with Gasteiger partial charge in [0.2, 0.25) is 5.75 Å². The Labute approximate surface area is 82.7 Å². The normalized spacial score (nSPS) is 9.93. The molecule has 0 atom stereocenters. The summed E-state index contributed by atoms with van der Waals surface area (Å²) in [7, 11) is 2.96. The highest BCUT2D eigenvalue weighted by molar-refractivity contribution is 5.53. The van der Waals surface area contributed by atoms with Crippen LogP contribution < -0.4 is 9.47 Å². The Kier molecular flexibility index (Phi) is 3.59. The van der Waals surface area contributed by atoms with Gasteiger partial charge in [-0.2, -0.15) is 0 Å². The molecule has 0 fully saturated rings. The van der Waals surface area contributed by atoms with E-state index in [4.69, 9.17) is 14.6 Å². The number of rotatable bonds is 4. The minimum absolute atomic E-state index is 0.0234. The van der Waals surface area contributed by atoms with E-state index in [1.807, 2.05) is 0 Å². The van der Waals surface area contributed by atoms with Crippen LogP contribution in [0.3, 0.4) is 0 Å². The number of aliphatic hydroxyl groups excluding tert-OH is 1. The van der Waals surface area contributed by atoms with Gasteiger partial charge in [-0.25, -0.2) is 0 Å². The molecule has 1 rings (SSSR count). The summed E-state index contributed by atoms with van der Waals surface area (Å²) >= 11 is 0. The molecule has 0 radical (unpaired) electrons. The predicted molar refractivity (Wildman–Crippen MR) is 52.0 cm³/mol. The van der Waals surface area contributed by atoms with Crippen molar-refractivity contribution in [1.82, 2.24) is 0 Å². The fourth-order valence-corrected chi connectivity index (χ4v) is 1.27. The Morgan fingerprint density at radius 2 is 1.93 bits per heavy atom. The zero-order valence-corrected chi connectivity index (χ0v) is 8.28. The Balaban J connectivity index is 3.10. The Morgan fingerprint density at radius 3 is 2.43 bits per heavy atom. The number of hydrogen-bond donors (Lipinski definition) is 2. The molecule has 0 aliphatic rings. The van der Waals surface area contributed by atoms with E-state index in [0.717, 1.165) is 5.56 Å². The fraction of sp³-hybridized carbons (Fsp3) is 0.400. The lowest BCUT2D eigenvalue weighted by atomic mass is 10.1. The Bertz CT molecular complexity index is 309. The quantitative estimate of drug-likeness (QED) is 0.756. The lowest BCUT2D eigenvalue weighted by molar-refractivity contribution is 0.298. The summed E-state index contributed by atoms with van der Waals surface area (Å²) in [6.07, 6.45) is 0.480. The predicted octanol–water partition coefficient (Wildman–Crippen LogP) is 0.944. The number of aliphatic hydroxyl groups is 1. The smallest absolute Gasteiger partial charge is 0.203 e. The zero-order valence-electron chi connectivity index (χ0n) is 8.28. The highest BCUT2D eigenvalue weighted by atomic mass is 16.5. The molecule has 0 bridgehead atoms. The number of methoxy groups -OCH3 is 2. The first kappa shape index (κ1) is 10.7. The van der Waals surface area contributed by atoms with Gasteiger partial charge in [-0.3, -0.25) is 0 Å². The summed E-state index contributed by atoms with van der Waals surface area (Å²) in [5.41, 5.74) is 0.808. The Hall–Kier alpha value is -1.42. The second-order valence-corrected chi connectivity index (χ2v) is 2.82. The SMILES string of the molecule is COc1cc(CCO)cc(O)c1OC. The molecule has 0 unspecified atom stereocenters. The maximum atomic E-state index is 9.54. The second-order valence-electron chi connectivity index (χ2n) is 2.82. The van der Waals surface area contributed by atoms with E-state index in [1.165, 1.54) is 14.2 Å². The number of hydrogen-bond acceptors (Lipinski definition) is 4. The van der Waals surface area contributed by atoms with Gasteiger partial charge in [0.1, 0.15) is 0 Å². The van der Waals surface area contributed by atoms with Crippen molar-refractivity contribution in [2.75, 3.05) is 20.8 Å². The first-order valence-corrected chi connectivity index (χ1v) is 4.27. The van der Waals surface area contributed by atoms with E-state index in [1.54, 1.807) is 12.1 Å². The molecule has 1 aromatic carbocycles. The first-order chi connectivity index (χ1) is 6.72. The average Bonchev–Trinajstić information content (AvgIpc) is 2.17. The van der Waals surface area contributed by atoms with Crippen LogP contribution >= 0.6 is 0 Å². The number of benzene rings is 1. The molecule has 4 nitrogen and oxygen atoms in total. The molecule has 0 heterocycles. The van der Waals surface area contributed by atoms with E-state index in [-0.39, 0.29) is 12.4 Å². The summed E-state index contributed by atoms with van der Waals surface area (Å²) < 4.78 is 10.0. The second kappa shape index (κ2) is 4.72. The third-order valence-corrected chi connectivity index (χ3v) is 1.92. The van der Waals surface area contributed by atoms with Crippen molar-refractivity contribution < 1.29 is 19.7 Å². The van der Waals surface area contributed by atoms with Gasteiger partial charge in [-0.15, -0.1) is 0 Å². The molecule has 0 aliphatic heterocycles.